The van der Waals surface area contributed by atoms with Crippen molar-refractivity contribution in [3.63, 3.8) is 0 Å². The molecule has 0 saturated heterocycles. The third kappa shape index (κ3) is 4.26. The van der Waals surface area contributed by atoms with Crippen molar-refractivity contribution in [2.24, 2.45) is 0 Å². The van der Waals surface area contributed by atoms with Crippen LogP contribution in [0.2, 0.25) is 0 Å². The first-order chi connectivity index (χ1) is 9.13. The quantitative estimate of drug-likeness (QED) is 0.816. The number of amides is 1. The molecule has 0 atom stereocenters. The number of hydrogen-bond donors (Lipinski definition) is 2. The molecule has 1 amide bonds. The Bertz CT molecular complexity index is 551. The van der Waals surface area contributed by atoms with Crippen molar-refractivity contribution >= 4 is 22.9 Å². The summed E-state index contributed by atoms with van der Waals surface area (Å²) in [4.78, 5) is 15.8. The van der Waals surface area contributed by atoms with Crippen LogP contribution < -0.4 is 15.8 Å². The molecule has 100 valence electrons. The first-order valence-corrected chi connectivity index (χ1v) is 6.67. The molecule has 19 heavy (non-hydrogen) atoms. The zero-order valence-corrected chi connectivity index (χ0v) is 11.4. The van der Waals surface area contributed by atoms with Gasteiger partial charge in [-0.1, -0.05) is 0 Å². The van der Waals surface area contributed by atoms with Crippen molar-refractivity contribution in [1.29, 1.82) is 0 Å². The maximum absolute atomic E-state index is 11.6. The molecule has 1 aromatic heterocycles. The topological polar surface area (TPSA) is 77.2 Å². The number of thiazole rings is 1. The number of nitrogen functional groups attached to an aromatic ring is 1. The van der Waals surface area contributed by atoms with E-state index >= 15 is 0 Å². The Balaban J connectivity index is 1.74. The predicted octanol–water partition coefficient (Wildman–Crippen LogP) is 1.73. The van der Waals surface area contributed by atoms with Gasteiger partial charge >= 0.3 is 0 Å². The van der Waals surface area contributed by atoms with Gasteiger partial charge in [-0.25, -0.2) is 4.98 Å². The van der Waals surface area contributed by atoms with Gasteiger partial charge in [-0.15, -0.1) is 11.3 Å². The number of nitrogens with two attached hydrogens (primary N) is 1. The van der Waals surface area contributed by atoms with E-state index in [1.165, 1.54) is 11.3 Å². The van der Waals surface area contributed by atoms with Crippen molar-refractivity contribution in [1.82, 2.24) is 10.3 Å². The summed E-state index contributed by atoms with van der Waals surface area (Å²) >= 11 is 1.53. The van der Waals surface area contributed by atoms with E-state index in [1.54, 1.807) is 24.3 Å². The first-order valence-electron chi connectivity index (χ1n) is 5.79. The fourth-order valence-corrected chi connectivity index (χ4v) is 2.13. The van der Waals surface area contributed by atoms with Crippen LogP contribution in [-0.2, 0) is 11.3 Å². The zero-order valence-electron chi connectivity index (χ0n) is 10.6. The Morgan fingerprint density at radius 3 is 2.79 bits per heavy atom. The highest BCUT2D eigenvalue weighted by atomic mass is 32.1. The van der Waals surface area contributed by atoms with Gasteiger partial charge in [0, 0.05) is 16.8 Å². The fourth-order valence-electron chi connectivity index (χ4n) is 1.42. The lowest BCUT2D eigenvalue weighted by molar-refractivity contribution is -0.123. The summed E-state index contributed by atoms with van der Waals surface area (Å²) in [6, 6.07) is 6.91. The molecule has 5 nitrogen and oxygen atoms in total. The van der Waals surface area contributed by atoms with Gasteiger partial charge in [-0.2, -0.15) is 0 Å². The number of carbonyl (C=O) groups is 1. The molecule has 1 aromatic carbocycles. The lowest BCUT2D eigenvalue weighted by Gasteiger charge is -2.06. The summed E-state index contributed by atoms with van der Waals surface area (Å²) in [5, 5.41) is 5.59. The van der Waals surface area contributed by atoms with Crippen LogP contribution in [0.5, 0.6) is 5.75 Å². The highest BCUT2D eigenvalue weighted by Gasteiger charge is 2.04. The Kier molecular flexibility index (Phi) is 4.35. The number of nitrogens with zero attached hydrogens (tertiary/aromatic N) is 1. The number of aromatic nitrogens is 1. The summed E-state index contributed by atoms with van der Waals surface area (Å²) in [6.45, 7) is 2.34. The van der Waals surface area contributed by atoms with E-state index in [9.17, 15) is 4.79 Å². The zero-order chi connectivity index (χ0) is 13.7. The maximum Gasteiger partial charge on any atom is 0.258 e. The SMILES string of the molecule is Cc1csc(CNC(=O)COc2ccc(N)cc2)n1. The molecule has 0 bridgehead atoms. The van der Waals surface area contributed by atoms with E-state index in [-0.39, 0.29) is 12.5 Å². The van der Waals surface area contributed by atoms with Crippen molar-refractivity contribution in [2.75, 3.05) is 12.3 Å². The van der Waals surface area contributed by atoms with Crippen molar-refractivity contribution < 1.29 is 9.53 Å². The number of carbonyl (C=O) groups excluding carboxylic acids is 1. The van der Waals surface area contributed by atoms with Gasteiger partial charge < -0.3 is 15.8 Å². The molecule has 0 spiro atoms. The van der Waals surface area contributed by atoms with E-state index in [0.29, 0.717) is 18.0 Å². The lowest BCUT2D eigenvalue weighted by atomic mass is 10.3. The van der Waals surface area contributed by atoms with Crippen molar-refractivity contribution in [2.45, 2.75) is 13.5 Å². The Morgan fingerprint density at radius 1 is 1.42 bits per heavy atom. The number of ether oxygens (including phenoxy) is 1. The summed E-state index contributed by atoms with van der Waals surface area (Å²) in [7, 11) is 0. The number of hydrogen-bond acceptors (Lipinski definition) is 5. The molecule has 0 aliphatic rings. The number of nitrogens with one attached hydrogen (secondary N) is 1. The average molecular weight is 277 g/mol. The molecule has 0 fully saturated rings. The summed E-state index contributed by atoms with van der Waals surface area (Å²) in [6.07, 6.45) is 0. The van der Waals surface area contributed by atoms with Gasteiger partial charge in [0.05, 0.1) is 6.54 Å². The first kappa shape index (κ1) is 13.4. The minimum Gasteiger partial charge on any atom is -0.484 e. The van der Waals surface area contributed by atoms with E-state index in [2.05, 4.69) is 10.3 Å². The van der Waals surface area contributed by atoms with Crippen LogP contribution in [0.4, 0.5) is 5.69 Å². The van der Waals surface area contributed by atoms with Crippen LogP contribution in [0.25, 0.3) is 0 Å². The second-order valence-electron chi connectivity index (χ2n) is 4.02. The standard InChI is InChI=1S/C13H15N3O2S/c1-9-8-19-13(16-9)6-15-12(17)7-18-11-4-2-10(14)3-5-11/h2-5,8H,6-7,14H2,1H3,(H,15,17). The van der Waals surface area contributed by atoms with Gasteiger partial charge in [0.15, 0.2) is 6.61 Å². The van der Waals surface area contributed by atoms with Crippen LogP contribution in [-0.4, -0.2) is 17.5 Å². The molecule has 0 aliphatic carbocycles. The van der Waals surface area contributed by atoms with Crippen LogP contribution in [0.3, 0.4) is 0 Å². The minimum atomic E-state index is -0.176. The van der Waals surface area contributed by atoms with E-state index in [1.807, 2.05) is 12.3 Å². The molecule has 2 rings (SSSR count). The molecule has 0 saturated carbocycles. The van der Waals surface area contributed by atoms with Gasteiger partial charge in [-0.3, -0.25) is 4.79 Å². The van der Waals surface area contributed by atoms with E-state index in [4.69, 9.17) is 10.5 Å². The Labute approximate surface area is 115 Å². The highest BCUT2D eigenvalue weighted by molar-refractivity contribution is 7.09. The molecule has 1 heterocycles. The fraction of sp³-hybridized carbons (Fsp3) is 0.231. The second-order valence-corrected chi connectivity index (χ2v) is 4.96. The maximum atomic E-state index is 11.6. The third-order valence-electron chi connectivity index (χ3n) is 2.35. The molecular weight excluding hydrogens is 262 g/mol. The molecule has 2 aromatic rings. The molecule has 3 N–H and O–H groups in total. The van der Waals surface area contributed by atoms with Crippen molar-refractivity contribution in [3.05, 3.63) is 40.3 Å². The predicted molar refractivity (Wildman–Crippen MR) is 75.0 cm³/mol. The largest absolute Gasteiger partial charge is 0.484 e. The van der Waals surface area contributed by atoms with E-state index in [0.717, 1.165) is 10.7 Å². The monoisotopic (exact) mass is 277 g/mol. The van der Waals surface area contributed by atoms with Gasteiger partial charge in [-0.05, 0) is 31.2 Å². The Morgan fingerprint density at radius 2 is 2.16 bits per heavy atom. The van der Waals surface area contributed by atoms with Gasteiger partial charge in [0.25, 0.3) is 5.91 Å². The van der Waals surface area contributed by atoms with E-state index < -0.39 is 0 Å². The summed E-state index contributed by atoms with van der Waals surface area (Å²) < 4.78 is 5.33. The number of rotatable bonds is 5. The summed E-state index contributed by atoms with van der Waals surface area (Å²) in [5.41, 5.74) is 7.18. The number of benzene rings is 1. The third-order valence-corrected chi connectivity index (χ3v) is 3.32. The van der Waals surface area contributed by atoms with Gasteiger partial charge in [0.2, 0.25) is 0 Å². The Hall–Kier alpha value is -2.08. The average Bonchev–Trinajstić information content (AvgIpc) is 2.81. The molecule has 0 unspecified atom stereocenters. The van der Waals surface area contributed by atoms with Crippen LogP contribution in [0.15, 0.2) is 29.6 Å². The number of anilines is 1. The highest BCUT2D eigenvalue weighted by Crippen LogP contribution is 2.12. The second kappa shape index (κ2) is 6.19. The smallest absolute Gasteiger partial charge is 0.258 e. The minimum absolute atomic E-state index is 0.0196. The van der Waals surface area contributed by atoms with Crippen LogP contribution in [0.1, 0.15) is 10.7 Å². The molecular formula is C13H15N3O2S. The van der Waals surface area contributed by atoms with Crippen LogP contribution >= 0.6 is 11.3 Å². The number of aryl methyl sites for hydroxylation is 1. The molecule has 0 radical (unpaired) electrons. The normalized spacial score (nSPS) is 10.2. The van der Waals surface area contributed by atoms with Gasteiger partial charge in [0.1, 0.15) is 10.8 Å². The molecule has 0 aliphatic heterocycles. The lowest BCUT2D eigenvalue weighted by Crippen LogP contribution is -2.28. The summed E-state index contributed by atoms with van der Waals surface area (Å²) in [5.74, 6) is 0.444. The van der Waals surface area contributed by atoms with Crippen LogP contribution in [0, 0.1) is 6.92 Å². The van der Waals surface area contributed by atoms with Crippen molar-refractivity contribution in [3.8, 4) is 5.75 Å². The molecule has 6 heteroatoms.